The van der Waals surface area contributed by atoms with E-state index in [9.17, 15) is 4.79 Å². The fourth-order valence-electron chi connectivity index (χ4n) is 3.40. The summed E-state index contributed by atoms with van der Waals surface area (Å²) in [5.74, 6) is 0.725. The molecule has 2 aromatic carbocycles. The van der Waals surface area contributed by atoms with Crippen LogP contribution >= 0.6 is 11.6 Å². The Kier molecular flexibility index (Phi) is 6.57. The molecule has 1 aliphatic heterocycles. The molecular formula is C23H23ClN4O2. The summed E-state index contributed by atoms with van der Waals surface area (Å²) >= 11 is 6.17. The molecule has 0 saturated carbocycles. The number of halogens is 1. The van der Waals surface area contributed by atoms with E-state index in [1.165, 1.54) is 5.56 Å². The summed E-state index contributed by atoms with van der Waals surface area (Å²) in [6.07, 6.45) is 4.43. The summed E-state index contributed by atoms with van der Waals surface area (Å²) in [5.41, 5.74) is 1.87. The Morgan fingerprint density at radius 2 is 1.77 bits per heavy atom. The number of carbonyl (C=O) groups excluding carboxylic acids is 1. The summed E-state index contributed by atoms with van der Waals surface area (Å²) in [6, 6.07) is 17.5. The third kappa shape index (κ3) is 5.14. The third-order valence-corrected chi connectivity index (χ3v) is 5.41. The normalized spacial score (nSPS) is 15.0. The van der Waals surface area contributed by atoms with Crippen molar-refractivity contribution < 1.29 is 9.32 Å². The van der Waals surface area contributed by atoms with Gasteiger partial charge in [0.05, 0.1) is 17.0 Å². The maximum atomic E-state index is 12.6. The first kappa shape index (κ1) is 20.3. The molecule has 30 heavy (non-hydrogen) atoms. The SMILES string of the molecule is O=C(Cc1noc(-c2ccccc2Cl)n1)N1CCN(C/C=C/c2ccccc2)CC1. The lowest BCUT2D eigenvalue weighted by atomic mass is 10.2. The fourth-order valence-corrected chi connectivity index (χ4v) is 3.62. The lowest BCUT2D eigenvalue weighted by molar-refractivity contribution is -0.132. The average molecular weight is 423 g/mol. The molecule has 3 aromatic rings. The summed E-state index contributed by atoms with van der Waals surface area (Å²) in [6.45, 7) is 3.98. The number of piperazine rings is 1. The van der Waals surface area contributed by atoms with Gasteiger partial charge in [0, 0.05) is 32.7 Å². The van der Waals surface area contributed by atoms with E-state index < -0.39 is 0 Å². The van der Waals surface area contributed by atoms with Crippen LogP contribution in [0.1, 0.15) is 11.4 Å². The first-order chi connectivity index (χ1) is 14.7. The second kappa shape index (κ2) is 9.69. The minimum Gasteiger partial charge on any atom is -0.340 e. The van der Waals surface area contributed by atoms with Crippen molar-refractivity contribution in [3.63, 3.8) is 0 Å². The maximum absolute atomic E-state index is 12.6. The Labute approximate surface area is 180 Å². The van der Waals surface area contributed by atoms with Crippen molar-refractivity contribution in [2.45, 2.75) is 6.42 Å². The lowest BCUT2D eigenvalue weighted by Crippen LogP contribution is -2.49. The van der Waals surface area contributed by atoms with E-state index in [2.05, 4.69) is 39.3 Å². The molecule has 2 heterocycles. The van der Waals surface area contributed by atoms with E-state index in [1.54, 1.807) is 6.07 Å². The van der Waals surface area contributed by atoms with Gasteiger partial charge in [-0.25, -0.2) is 0 Å². The van der Waals surface area contributed by atoms with Crippen molar-refractivity contribution in [1.82, 2.24) is 19.9 Å². The zero-order valence-corrected chi connectivity index (χ0v) is 17.3. The van der Waals surface area contributed by atoms with Crippen LogP contribution in [0, 0.1) is 0 Å². The Morgan fingerprint density at radius 3 is 2.53 bits per heavy atom. The van der Waals surface area contributed by atoms with Crippen LogP contribution in [-0.4, -0.2) is 58.6 Å². The number of hydrogen-bond acceptors (Lipinski definition) is 5. The van der Waals surface area contributed by atoms with Crippen molar-refractivity contribution >= 4 is 23.6 Å². The Balaban J connectivity index is 1.26. The van der Waals surface area contributed by atoms with Gasteiger partial charge in [-0.2, -0.15) is 4.98 Å². The third-order valence-electron chi connectivity index (χ3n) is 5.08. The van der Waals surface area contributed by atoms with Gasteiger partial charge in [-0.05, 0) is 17.7 Å². The van der Waals surface area contributed by atoms with Gasteiger partial charge in [-0.15, -0.1) is 0 Å². The van der Waals surface area contributed by atoms with E-state index in [-0.39, 0.29) is 12.3 Å². The molecule has 1 fully saturated rings. The van der Waals surface area contributed by atoms with Crippen LogP contribution < -0.4 is 0 Å². The molecule has 0 radical (unpaired) electrons. The van der Waals surface area contributed by atoms with Gasteiger partial charge in [-0.1, -0.05) is 71.4 Å². The van der Waals surface area contributed by atoms with E-state index in [4.69, 9.17) is 16.1 Å². The monoisotopic (exact) mass is 422 g/mol. The van der Waals surface area contributed by atoms with Crippen LogP contribution in [0.25, 0.3) is 17.5 Å². The van der Waals surface area contributed by atoms with Gasteiger partial charge in [0.2, 0.25) is 5.91 Å². The van der Waals surface area contributed by atoms with E-state index in [1.807, 2.05) is 41.3 Å². The van der Waals surface area contributed by atoms with Gasteiger partial charge >= 0.3 is 0 Å². The molecule has 0 atom stereocenters. The van der Waals surface area contributed by atoms with Crippen LogP contribution in [0.5, 0.6) is 0 Å². The number of carbonyl (C=O) groups is 1. The molecule has 0 bridgehead atoms. The highest BCUT2D eigenvalue weighted by molar-refractivity contribution is 6.33. The molecule has 1 aliphatic rings. The van der Waals surface area contributed by atoms with Crippen LogP contribution in [-0.2, 0) is 11.2 Å². The smallest absolute Gasteiger partial charge is 0.259 e. The molecule has 0 N–H and O–H groups in total. The van der Waals surface area contributed by atoms with Gasteiger partial charge in [0.25, 0.3) is 5.89 Å². The van der Waals surface area contributed by atoms with Crippen molar-refractivity contribution in [2.24, 2.45) is 0 Å². The molecule has 1 aromatic heterocycles. The van der Waals surface area contributed by atoms with E-state index in [0.717, 1.165) is 19.6 Å². The molecule has 1 saturated heterocycles. The predicted molar refractivity (Wildman–Crippen MR) is 117 cm³/mol. The van der Waals surface area contributed by atoms with Crippen LogP contribution in [0.3, 0.4) is 0 Å². The number of amides is 1. The molecule has 154 valence electrons. The first-order valence-electron chi connectivity index (χ1n) is 9.98. The largest absolute Gasteiger partial charge is 0.340 e. The summed E-state index contributed by atoms with van der Waals surface area (Å²) in [5, 5.41) is 4.48. The van der Waals surface area contributed by atoms with E-state index in [0.29, 0.717) is 35.4 Å². The van der Waals surface area contributed by atoms with Crippen LogP contribution in [0.15, 0.2) is 65.2 Å². The quantitative estimate of drug-likeness (QED) is 0.604. The van der Waals surface area contributed by atoms with Gasteiger partial charge < -0.3 is 9.42 Å². The van der Waals surface area contributed by atoms with Gasteiger partial charge in [-0.3, -0.25) is 9.69 Å². The minimum absolute atomic E-state index is 0.0148. The Bertz CT molecular complexity index is 1010. The molecule has 7 heteroatoms. The average Bonchev–Trinajstić information content (AvgIpc) is 3.23. The second-order valence-corrected chi connectivity index (χ2v) is 7.57. The van der Waals surface area contributed by atoms with Crippen LogP contribution in [0.2, 0.25) is 5.02 Å². The van der Waals surface area contributed by atoms with E-state index >= 15 is 0 Å². The predicted octanol–water partition coefficient (Wildman–Crippen LogP) is 3.79. The summed E-state index contributed by atoms with van der Waals surface area (Å²) in [7, 11) is 0. The molecule has 0 aliphatic carbocycles. The Hall–Kier alpha value is -2.96. The fraction of sp³-hybridized carbons (Fsp3) is 0.261. The van der Waals surface area contributed by atoms with Crippen LogP contribution in [0.4, 0.5) is 0 Å². The highest BCUT2D eigenvalue weighted by atomic mass is 35.5. The standard InChI is InChI=1S/C23H23ClN4O2/c24-20-11-5-4-10-19(20)23-25-21(26-30-23)17-22(29)28-15-13-27(14-16-28)12-6-9-18-7-2-1-3-8-18/h1-11H,12-17H2/b9-6+. The topological polar surface area (TPSA) is 62.5 Å². The molecular weight excluding hydrogens is 400 g/mol. The highest BCUT2D eigenvalue weighted by Gasteiger charge is 2.22. The van der Waals surface area contributed by atoms with Crippen molar-refractivity contribution in [3.8, 4) is 11.5 Å². The van der Waals surface area contributed by atoms with Crippen molar-refractivity contribution in [1.29, 1.82) is 0 Å². The van der Waals surface area contributed by atoms with Gasteiger partial charge in [0.15, 0.2) is 5.82 Å². The maximum Gasteiger partial charge on any atom is 0.259 e. The summed E-state index contributed by atoms with van der Waals surface area (Å²) in [4.78, 5) is 21.2. The number of rotatable bonds is 6. The van der Waals surface area contributed by atoms with Gasteiger partial charge in [0.1, 0.15) is 0 Å². The molecule has 0 unspecified atom stereocenters. The lowest BCUT2D eigenvalue weighted by Gasteiger charge is -2.34. The zero-order valence-electron chi connectivity index (χ0n) is 16.6. The number of nitrogens with zero attached hydrogens (tertiary/aromatic N) is 4. The molecule has 4 rings (SSSR count). The second-order valence-electron chi connectivity index (χ2n) is 7.17. The number of hydrogen-bond donors (Lipinski definition) is 0. The molecule has 6 nitrogen and oxygen atoms in total. The minimum atomic E-state index is 0.0148. The number of aromatic nitrogens is 2. The molecule has 1 amide bonds. The van der Waals surface area contributed by atoms with Crippen molar-refractivity contribution in [2.75, 3.05) is 32.7 Å². The highest BCUT2D eigenvalue weighted by Crippen LogP contribution is 2.25. The molecule has 0 spiro atoms. The Morgan fingerprint density at radius 1 is 1.03 bits per heavy atom. The number of benzene rings is 2. The zero-order chi connectivity index (χ0) is 20.8. The summed E-state index contributed by atoms with van der Waals surface area (Å²) < 4.78 is 5.29. The van der Waals surface area contributed by atoms with Crippen molar-refractivity contribution in [3.05, 3.63) is 77.1 Å². The first-order valence-corrected chi connectivity index (χ1v) is 10.4.